The number of nitrogens with zero attached hydrogens (tertiary/aromatic N) is 2. The first kappa shape index (κ1) is 25.1. The fraction of sp³-hybridized carbons (Fsp3) is 0.0588. The van der Waals surface area contributed by atoms with Crippen molar-refractivity contribution in [1.29, 1.82) is 0 Å². The van der Waals surface area contributed by atoms with Crippen molar-refractivity contribution in [3.63, 3.8) is 0 Å². The predicted molar refractivity (Wildman–Crippen MR) is 170 cm³/mol. The van der Waals surface area contributed by atoms with Gasteiger partial charge in [-0.15, -0.1) is 22.7 Å². The lowest BCUT2D eigenvalue weighted by Crippen LogP contribution is -2.15. The van der Waals surface area contributed by atoms with Gasteiger partial charge in [0.2, 0.25) is 0 Å². The van der Waals surface area contributed by atoms with Crippen molar-refractivity contribution in [2.45, 2.75) is 13.8 Å². The van der Waals surface area contributed by atoms with Crippen molar-refractivity contribution < 1.29 is 4.57 Å². The zero-order chi connectivity index (χ0) is 27.3. The molecule has 0 saturated heterocycles. The topological polar surface area (TPSA) is 42.9 Å². The van der Waals surface area contributed by atoms with Gasteiger partial charge in [-0.3, -0.25) is 0 Å². The summed E-state index contributed by atoms with van der Waals surface area (Å²) in [4.78, 5) is 12.5. The molecule has 2 aromatic heterocycles. The van der Waals surface area contributed by atoms with Crippen LogP contribution in [0.2, 0.25) is 0 Å². The Hall–Kier alpha value is -3.89. The van der Waals surface area contributed by atoms with E-state index in [9.17, 15) is 0 Å². The lowest BCUT2D eigenvalue weighted by Gasteiger charge is -2.18. The molecule has 0 spiro atoms. The summed E-state index contributed by atoms with van der Waals surface area (Å²) in [5.74, 6) is 0. The van der Waals surface area contributed by atoms with Crippen LogP contribution >= 0.6 is 29.8 Å². The number of thiazole rings is 2. The third-order valence-corrected chi connectivity index (χ3v) is 12.5. The average Bonchev–Trinajstić information content (AvgIpc) is 3.66. The SMILES string of the molecule is Cc1sc(-c2ccccc2)nc1C1=C(c2nc(-c3ccccc3)sc2C)P(=O)(c2ccccc2)c2ccccc21. The van der Waals surface area contributed by atoms with E-state index in [1.165, 1.54) is 0 Å². The van der Waals surface area contributed by atoms with Crippen LogP contribution in [-0.2, 0) is 4.57 Å². The highest BCUT2D eigenvalue weighted by molar-refractivity contribution is 7.88. The van der Waals surface area contributed by atoms with Gasteiger partial charge < -0.3 is 4.57 Å². The quantitative estimate of drug-likeness (QED) is 0.194. The van der Waals surface area contributed by atoms with Crippen molar-refractivity contribution >= 4 is 51.3 Å². The summed E-state index contributed by atoms with van der Waals surface area (Å²) in [5.41, 5.74) is 5.74. The summed E-state index contributed by atoms with van der Waals surface area (Å²) in [6.07, 6.45) is 0. The number of benzene rings is 4. The molecule has 0 amide bonds. The van der Waals surface area contributed by atoms with Crippen LogP contribution < -0.4 is 10.6 Å². The highest BCUT2D eigenvalue weighted by Gasteiger charge is 2.45. The molecule has 3 nitrogen and oxygen atoms in total. The minimum Gasteiger partial charge on any atom is -0.309 e. The standard InChI is InChI=1S/C34H25N2OPS2/c1-22-30(35-33(39-22)24-14-6-3-7-15-24)29-27-20-12-13-21-28(27)38(37,26-18-10-5-11-19-26)32(29)31-23(2)40-34(36-31)25-16-8-4-9-17-25/h3-21H,1-2H3. The number of rotatable bonds is 5. The summed E-state index contributed by atoms with van der Waals surface area (Å²) in [6.45, 7) is 4.20. The molecule has 0 radical (unpaired) electrons. The van der Waals surface area contributed by atoms with E-state index in [2.05, 4.69) is 44.2 Å². The van der Waals surface area contributed by atoms with Crippen molar-refractivity contribution in [1.82, 2.24) is 9.97 Å². The summed E-state index contributed by atoms with van der Waals surface area (Å²) >= 11 is 3.32. The Balaban J connectivity index is 1.56. The second-order valence-corrected chi connectivity index (χ2v) is 14.8. The Labute approximate surface area is 241 Å². The molecule has 1 aliphatic heterocycles. The Morgan fingerprint density at radius 1 is 0.575 bits per heavy atom. The molecule has 7 rings (SSSR count). The first-order chi connectivity index (χ1) is 19.6. The molecule has 0 N–H and O–H groups in total. The zero-order valence-electron chi connectivity index (χ0n) is 22.0. The van der Waals surface area contributed by atoms with Crippen LogP contribution in [0, 0.1) is 13.8 Å². The third-order valence-electron chi connectivity index (χ3n) is 7.28. The summed E-state index contributed by atoms with van der Waals surface area (Å²) in [6, 6.07) is 38.5. The van der Waals surface area contributed by atoms with Gasteiger partial charge in [-0.2, -0.15) is 0 Å². The van der Waals surface area contributed by atoms with Crippen LogP contribution in [0.4, 0.5) is 0 Å². The van der Waals surface area contributed by atoms with Crippen molar-refractivity contribution in [2.24, 2.45) is 0 Å². The van der Waals surface area contributed by atoms with E-state index in [0.29, 0.717) is 0 Å². The monoisotopic (exact) mass is 572 g/mol. The number of fused-ring (bicyclic) bond motifs is 1. The van der Waals surface area contributed by atoms with Crippen LogP contribution in [0.5, 0.6) is 0 Å². The summed E-state index contributed by atoms with van der Waals surface area (Å²) in [7, 11) is -3.27. The van der Waals surface area contributed by atoms with E-state index in [0.717, 1.165) is 69.3 Å². The molecular weight excluding hydrogens is 547 g/mol. The van der Waals surface area contributed by atoms with Gasteiger partial charge in [0, 0.05) is 37.1 Å². The van der Waals surface area contributed by atoms with Gasteiger partial charge >= 0.3 is 0 Å². The lowest BCUT2D eigenvalue weighted by molar-refractivity contribution is 0.593. The molecule has 0 aliphatic carbocycles. The molecule has 1 unspecified atom stereocenters. The first-order valence-electron chi connectivity index (χ1n) is 13.1. The molecular formula is C34H25N2OPS2. The van der Waals surface area contributed by atoms with Gasteiger partial charge in [0.05, 0.1) is 16.7 Å². The van der Waals surface area contributed by atoms with E-state index >= 15 is 4.57 Å². The minimum atomic E-state index is -3.27. The van der Waals surface area contributed by atoms with Crippen molar-refractivity contribution in [3.8, 4) is 21.1 Å². The van der Waals surface area contributed by atoms with E-state index < -0.39 is 7.14 Å². The average molecular weight is 573 g/mol. The fourth-order valence-corrected chi connectivity index (χ4v) is 10.6. The van der Waals surface area contributed by atoms with E-state index in [1.807, 2.05) is 84.9 Å². The second kappa shape index (κ2) is 9.94. The van der Waals surface area contributed by atoms with Crippen LogP contribution in [0.3, 0.4) is 0 Å². The number of aryl methyl sites for hydroxylation is 2. The van der Waals surface area contributed by atoms with Gasteiger partial charge in [0.15, 0.2) is 7.14 Å². The Bertz CT molecular complexity index is 1940. The molecule has 6 heteroatoms. The second-order valence-electron chi connectivity index (χ2n) is 9.77. The number of hydrogen-bond donors (Lipinski definition) is 0. The molecule has 0 saturated carbocycles. The van der Waals surface area contributed by atoms with Gasteiger partial charge in [0.25, 0.3) is 0 Å². The molecule has 194 valence electrons. The van der Waals surface area contributed by atoms with Crippen molar-refractivity contribution in [2.75, 3.05) is 0 Å². The molecule has 0 fully saturated rings. The van der Waals surface area contributed by atoms with E-state index in [-0.39, 0.29) is 0 Å². The highest BCUT2D eigenvalue weighted by atomic mass is 32.1. The summed E-state index contributed by atoms with van der Waals surface area (Å²) in [5, 5.41) is 4.35. The maximum absolute atomic E-state index is 15.7. The Morgan fingerprint density at radius 2 is 1.05 bits per heavy atom. The predicted octanol–water partition coefficient (Wildman–Crippen LogP) is 8.79. The van der Waals surface area contributed by atoms with Gasteiger partial charge in [-0.05, 0) is 19.4 Å². The minimum absolute atomic E-state index is 0.795. The van der Waals surface area contributed by atoms with E-state index in [1.54, 1.807) is 22.7 Å². The molecule has 4 aromatic carbocycles. The summed E-state index contributed by atoms with van der Waals surface area (Å²) < 4.78 is 15.7. The van der Waals surface area contributed by atoms with E-state index in [4.69, 9.17) is 9.97 Å². The molecule has 1 aliphatic rings. The molecule has 0 bridgehead atoms. The van der Waals surface area contributed by atoms with Crippen LogP contribution in [0.1, 0.15) is 26.7 Å². The van der Waals surface area contributed by atoms with Crippen LogP contribution in [0.25, 0.3) is 32.0 Å². The zero-order valence-corrected chi connectivity index (χ0v) is 24.6. The van der Waals surface area contributed by atoms with Gasteiger partial charge in [-0.25, -0.2) is 9.97 Å². The Kier molecular flexibility index (Phi) is 6.24. The smallest absolute Gasteiger partial charge is 0.174 e. The first-order valence-corrected chi connectivity index (χ1v) is 16.5. The molecule has 1 atom stereocenters. The Morgan fingerprint density at radius 3 is 1.65 bits per heavy atom. The van der Waals surface area contributed by atoms with Crippen LogP contribution in [0.15, 0.2) is 115 Å². The van der Waals surface area contributed by atoms with Crippen LogP contribution in [-0.4, -0.2) is 9.97 Å². The van der Waals surface area contributed by atoms with Crippen molar-refractivity contribution in [3.05, 3.63) is 142 Å². The molecule has 3 heterocycles. The maximum atomic E-state index is 15.7. The largest absolute Gasteiger partial charge is 0.309 e. The third kappa shape index (κ3) is 3.97. The van der Waals surface area contributed by atoms with Gasteiger partial charge in [-0.1, -0.05) is 115 Å². The highest BCUT2D eigenvalue weighted by Crippen LogP contribution is 2.66. The fourth-order valence-electron chi connectivity index (χ4n) is 5.43. The normalized spacial score (nSPS) is 16.4. The number of aromatic nitrogens is 2. The molecule has 40 heavy (non-hydrogen) atoms. The molecule has 6 aromatic rings. The maximum Gasteiger partial charge on any atom is 0.174 e. The van der Waals surface area contributed by atoms with Gasteiger partial charge in [0.1, 0.15) is 10.0 Å². The number of hydrogen-bond acceptors (Lipinski definition) is 5. The lowest BCUT2D eigenvalue weighted by atomic mass is 10.0.